The molecule has 0 saturated heterocycles. The van der Waals surface area contributed by atoms with E-state index in [9.17, 15) is 4.79 Å². The lowest BCUT2D eigenvalue weighted by atomic mass is 10.2. The van der Waals surface area contributed by atoms with Gasteiger partial charge in [0, 0.05) is 19.8 Å². The SMILES string of the molecule is O=C(O)c1ccc(Cl)cc1Sc1cccc(Cl)c1. The maximum atomic E-state index is 11.1. The Bertz CT molecular complexity index is 599. The number of carbonyl (C=O) groups is 1. The van der Waals surface area contributed by atoms with Crippen LogP contribution in [0.15, 0.2) is 52.3 Å². The van der Waals surface area contributed by atoms with Crippen molar-refractivity contribution >= 4 is 40.9 Å². The normalized spacial score (nSPS) is 10.3. The molecule has 2 nitrogen and oxygen atoms in total. The van der Waals surface area contributed by atoms with E-state index in [1.165, 1.54) is 17.8 Å². The van der Waals surface area contributed by atoms with Crippen molar-refractivity contribution in [2.45, 2.75) is 9.79 Å². The number of rotatable bonds is 3. The Kier molecular flexibility index (Phi) is 4.17. The molecule has 92 valence electrons. The molecule has 0 fully saturated rings. The molecule has 0 aliphatic carbocycles. The van der Waals surface area contributed by atoms with Gasteiger partial charge in [-0.25, -0.2) is 4.79 Å². The predicted molar refractivity (Wildman–Crippen MR) is 74.0 cm³/mol. The van der Waals surface area contributed by atoms with Crippen molar-refractivity contribution in [1.29, 1.82) is 0 Å². The van der Waals surface area contributed by atoms with Crippen molar-refractivity contribution in [2.75, 3.05) is 0 Å². The zero-order valence-corrected chi connectivity index (χ0v) is 11.4. The zero-order chi connectivity index (χ0) is 13.1. The second-order valence-corrected chi connectivity index (χ2v) is 5.49. The van der Waals surface area contributed by atoms with Gasteiger partial charge in [0.05, 0.1) is 5.56 Å². The number of aromatic carboxylic acids is 1. The molecule has 0 aromatic heterocycles. The van der Waals surface area contributed by atoms with Crippen LogP contribution >= 0.6 is 35.0 Å². The number of carboxylic acid groups (broad SMARTS) is 1. The van der Waals surface area contributed by atoms with Crippen LogP contribution in [0.2, 0.25) is 10.0 Å². The summed E-state index contributed by atoms with van der Waals surface area (Å²) in [6, 6.07) is 11.9. The quantitative estimate of drug-likeness (QED) is 0.881. The maximum Gasteiger partial charge on any atom is 0.336 e. The first kappa shape index (κ1) is 13.3. The molecule has 0 aliphatic heterocycles. The molecule has 2 aromatic rings. The fraction of sp³-hybridized carbons (Fsp3) is 0. The first-order valence-electron chi connectivity index (χ1n) is 5.02. The van der Waals surface area contributed by atoms with E-state index in [2.05, 4.69) is 0 Å². The van der Waals surface area contributed by atoms with E-state index in [-0.39, 0.29) is 5.56 Å². The molecule has 5 heteroatoms. The van der Waals surface area contributed by atoms with Gasteiger partial charge in [-0.05, 0) is 36.4 Å². The molecule has 0 amide bonds. The molecule has 0 spiro atoms. The molecule has 18 heavy (non-hydrogen) atoms. The Hall–Kier alpha value is -1.16. The minimum absolute atomic E-state index is 0.226. The predicted octanol–water partition coefficient (Wildman–Crippen LogP) is 4.84. The smallest absolute Gasteiger partial charge is 0.336 e. The highest BCUT2D eigenvalue weighted by atomic mass is 35.5. The molecule has 0 atom stereocenters. The molecule has 2 rings (SSSR count). The van der Waals surface area contributed by atoms with Gasteiger partial charge in [0.2, 0.25) is 0 Å². The molecule has 1 N–H and O–H groups in total. The van der Waals surface area contributed by atoms with Crippen LogP contribution < -0.4 is 0 Å². The van der Waals surface area contributed by atoms with E-state index in [1.54, 1.807) is 24.3 Å². The number of halogens is 2. The lowest BCUT2D eigenvalue weighted by molar-refractivity contribution is 0.0693. The fourth-order valence-electron chi connectivity index (χ4n) is 1.41. The van der Waals surface area contributed by atoms with Crippen LogP contribution in [0, 0.1) is 0 Å². The van der Waals surface area contributed by atoms with Crippen LogP contribution in [-0.2, 0) is 0 Å². The standard InChI is InChI=1S/C13H8Cl2O2S/c14-8-2-1-3-10(6-8)18-12-7-9(15)4-5-11(12)13(16)17/h1-7H,(H,16,17). The van der Waals surface area contributed by atoms with Crippen LogP contribution in [0.5, 0.6) is 0 Å². The second-order valence-electron chi connectivity index (χ2n) is 3.51. The van der Waals surface area contributed by atoms with Crippen LogP contribution in [0.3, 0.4) is 0 Å². The Balaban J connectivity index is 2.39. The van der Waals surface area contributed by atoms with E-state index >= 15 is 0 Å². The Morgan fingerprint density at radius 2 is 1.78 bits per heavy atom. The van der Waals surface area contributed by atoms with Gasteiger partial charge < -0.3 is 5.11 Å². The summed E-state index contributed by atoms with van der Waals surface area (Å²) in [5.74, 6) is -0.976. The summed E-state index contributed by atoms with van der Waals surface area (Å²) in [5, 5.41) is 10.2. The van der Waals surface area contributed by atoms with Crippen molar-refractivity contribution < 1.29 is 9.90 Å². The molecular formula is C13H8Cl2O2S. The number of hydrogen-bond donors (Lipinski definition) is 1. The van der Waals surface area contributed by atoms with E-state index < -0.39 is 5.97 Å². The molecule has 2 aromatic carbocycles. The number of hydrogen-bond acceptors (Lipinski definition) is 2. The minimum Gasteiger partial charge on any atom is -0.478 e. The van der Waals surface area contributed by atoms with Crippen LogP contribution in [-0.4, -0.2) is 11.1 Å². The Morgan fingerprint density at radius 1 is 1.06 bits per heavy atom. The Morgan fingerprint density at radius 3 is 2.44 bits per heavy atom. The van der Waals surface area contributed by atoms with Crippen molar-refractivity contribution in [3.8, 4) is 0 Å². The third-order valence-electron chi connectivity index (χ3n) is 2.20. The van der Waals surface area contributed by atoms with E-state index in [4.69, 9.17) is 28.3 Å². The highest BCUT2D eigenvalue weighted by Gasteiger charge is 2.11. The van der Waals surface area contributed by atoms with E-state index in [1.807, 2.05) is 12.1 Å². The highest BCUT2D eigenvalue weighted by molar-refractivity contribution is 7.99. The van der Waals surface area contributed by atoms with Crippen LogP contribution in [0.25, 0.3) is 0 Å². The molecule has 0 aliphatic rings. The van der Waals surface area contributed by atoms with Gasteiger partial charge in [-0.15, -0.1) is 0 Å². The maximum absolute atomic E-state index is 11.1. The van der Waals surface area contributed by atoms with Gasteiger partial charge in [-0.3, -0.25) is 0 Å². The molecule has 0 heterocycles. The van der Waals surface area contributed by atoms with Gasteiger partial charge in [0.25, 0.3) is 0 Å². The summed E-state index contributed by atoms with van der Waals surface area (Å²) < 4.78 is 0. The highest BCUT2D eigenvalue weighted by Crippen LogP contribution is 2.33. The van der Waals surface area contributed by atoms with E-state index in [0.29, 0.717) is 14.9 Å². The van der Waals surface area contributed by atoms with Crippen LogP contribution in [0.1, 0.15) is 10.4 Å². The first-order chi connectivity index (χ1) is 8.56. The Labute approximate surface area is 119 Å². The van der Waals surface area contributed by atoms with Crippen LogP contribution in [0.4, 0.5) is 0 Å². The summed E-state index contributed by atoms with van der Waals surface area (Å²) in [6.07, 6.45) is 0. The number of benzene rings is 2. The topological polar surface area (TPSA) is 37.3 Å². The van der Waals surface area contributed by atoms with Gasteiger partial charge in [0.15, 0.2) is 0 Å². The summed E-state index contributed by atoms with van der Waals surface area (Å²) in [5.41, 5.74) is 0.226. The number of carboxylic acids is 1. The first-order valence-corrected chi connectivity index (χ1v) is 6.60. The van der Waals surface area contributed by atoms with Gasteiger partial charge >= 0.3 is 5.97 Å². The van der Waals surface area contributed by atoms with Crippen molar-refractivity contribution in [2.24, 2.45) is 0 Å². The lowest BCUT2D eigenvalue weighted by Gasteiger charge is -2.06. The van der Waals surface area contributed by atoms with Crippen molar-refractivity contribution in [1.82, 2.24) is 0 Å². The van der Waals surface area contributed by atoms with Gasteiger partial charge in [-0.2, -0.15) is 0 Å². The summed E-state index contributed by atoms with van der Waals surface area (Å²) in [7, 11) is 0. The van der Waals surface area contributed by atoms with Gasteiger partial charge in [0.1, 0.15) is 0 Å². The van der Waals surface area contributed by atoms with Crippen molar-refractivity contribution in [3.63, 3.8) is 0 Å². The molecule has 0 unspecified atom stereocenters. The van der Waals surface area contributed by atoms with Crippen molar-refractivity contribution in [3.05, 3.63) is 58.1 Å². The molecule has 0 radical (unpaired) electrons. The summed E-state index contributed by atoms with van der Waals surface area (Å²) >= 11 is 13.1. The second kappa shape index (κ2) is 5.65. The molecule has 0 bridgehead atoms. The largest absolute Gasteiger partial charge is 0.478 e. The zero-order valence-electron chi connectivity index (χ0n) is 9.06. The fourth-order valence-corrected chi connectivity index (χ4v) is 2.94. The third-order valence-corrected chi connectivity index (χ3v) is 3.72. The summed E-state index contributed by atoms with van der Waals surface area (Å²) in [4.78, 5) is 12.6. The average Bonchev–Trinajstić information content (AvgIpc) is 2.28. The third kappa shape index (κ3) is 3.19. The lowest BCUT2D eigenvalue weighted by Crippen LogP contribution is -1.98. The monoisotopic (exact) mass is 298 g/mol. The van der Waals surface area contributed by atoms with E-state index in [0.717, 1.165) is 4.90 Å². The average molecular weight is 299 g/mol. The van der Waals surface area contributed by atoms with Gasteiger partial charge in [-0.1, -0.05) is 41.0 Å². The minimum atomic E-state index is -0.976. The molecule has 0 saturated carbocycles. The molecular weight excluding hydrogens is 291 g/mol. The summed E-state index contributed by atoms with van der Waals surface area (Å²) in [6.45, 7) is 0.